The van der Waals surface area contributed by atoms with Crippen LogP contribution in [0.4, 0.5) is 26.3 Å². The van der Waals surface area contributed by atoms with Crippen LogP contribution in [0.3, 0.4) is 0 Å². The Labute approximate surface area is 250 Å². The highest BCUT2D eigenvalue weighted by Gasteiger charge is 2.44. The van der Waals surface area contributed by atoms with Crippen LogP contribution in [0.25, 0.3) is 0 Å². The van der Waals surface area contributed by atoms with Crippen molar-refractivity contribution in [2.24, 2.45) is 17.8 Å². The molecular formula is C34H42F6O3. The molecule has 0 spiro atoms. The van der Waals surface area contributed by atoms with Crippen molar-refractivity contribution in [1.29, 1.82) is 0 Å². The molecular weight excluding hydrogens is 570 g/mol. The minimum atomic E-state index is -5.09. The van der Waals surface area contributed by atoms with Crippen LogP contribution in [-0.2, 0) is 17.6 Å². The topological polar surface area (TPSA) is 27.7 Å². The molecule has 43 heavy (non-hydrogen) atoms. The molecule has 0 radical (unpaired) electrons. The molecule has 9 heteroatoms. The molecule has 0 bridgehead atoms. The quantitative estimate of drug-likeness (QED) is 0.166. The summed E-state index contributed by atoms with van der Waals surface area (Å²) in [5, 5.41) is 0. The van der Waals surface area contributed by atoms with Crippen LogP contribution in [-0.4, -0.2) is 25.2 Å². The summed E-state index contributed by atoms with van der Waals surface area (Å²) in [5.74, 6) is -3.25. The fourth-order valence-corrected chi connectivity index (χ4v) is 6.12. The molecule has 2 aliphatic rings. The van der Waals surface area contributed by atoms with Gasteiger partial charge in [-0.15, -0.1) is 13.2 Å². The Morgan fingerprint density at radius 2 is 1.42 bits per heavy atom. The van der Waals surface area contributed by atoms with E-state index in [1.54, 1.807) is 0 Å². The first-order valence-electron chi connectivity index (χ1n) is 15.5. The highest BCUT2D eigenvalue weighted by molar-refractivity contribution is 5.33. The number of hydrogen-bond acceptors (Lipinski definition) is 3. The second-order valence-corrected chi connectivity index (χ2v) is 11.9. The maximum Gasteiger partial charge on any atom is 0.573 e. The molecule has 2 aliphatic carbocycles. The van der Waals surface area contributed by atoms with Crippen LogP contribution >= 0.6 is 0 Å². The van der Waals surface area contributed by atoms with E-state index in [9.17, 15) is 26.3 Å². The van der Waals surface area contributed by atoms with Crippen molar-refractivity contribution in [3.8, 4) is 11.5 Å². The highest BCUT2D eigenvalue weighted by atomic mass is 19.4. The molecule has 2 saturated carbocycles. The third kappa shape index (κ3) is 10.8. The fraction of sp³-hybridized carbons (Fsp3) is 0.588. The summed E-state index contributed by atoms with van der Waals surface area (Å²) in [6, 6.07) is 10.9. The Balaban J connectivity index is 1.12. The Bertz CT molecular complexity index is 1150. The third-order valence-electron chi connectivity index (χ3n) is 8.69. The van der Waals surface area contributed by atoms with Crippen molar-refractivity contribution in [2.75, 3.05) is 6.61 Å². The molecule has 0 unspecified atom stereocenters. The molecule has 0 aliphatic heterocycles. The summed E-state index contributed by atoms with van der Waals surface area (Å²) in [7, 11) is 0. The normalized spacial score (nSPS) is 23.4. The van der Waals surface area contributed by atoms with Gasteiger partial charge in [0, 0.05) is 12.7 Å². The number of halogens is 6. The van der Waals surface area contributed by atoms with Crippen molar-refractivity contribution in [1.82, 2.24) is 0 Å². The number of benzene rings is 2. The van der Waals surface area contributed by atoms with E-state index >= 15 is 0 Å². The van der Waals surface area contributed by atoms with Gasteiger partial charge in [-0.05, 0) is 112 Å². The lowest BCUT2D eigenvalue weighted by atomic mass is 9.81. The van der Waals surface area contributed by atoms with Crippen LogP contribution in [0.2, 0.25) is 0 Å². The minimum absolute atomic E-state index is 0.196. The predicted octanol–water partition coefficient (Wildman–Crippen LogP) is 10.2. The average Bonchev–Trinajstić information content (AvgIpc) is 2.97. The van der Waals surface area contributed by atoms with Crippen molar-refractivity contribution in [3.05, 3.63) is 71.6 Å². The number of hydrogen-bond donors (Lipinski definition) is 0. The standard InChI is InChI=1S/C34H42F6O3/c1-2-3-4-5-24-6-8-25(9-7-24)10-11-26-14-18-29(19-15-26)41-23-27-12-16-28(17-13-27)33(36,37)42-30-20-21-32(31(35)22-30)43-34(38,39)40/h3-4,6-9,20-22,26-29H,2,5,10-19,23H2,1H3/b4-3-. The zero-order valence-corrected chi connectivity index (χ0v) is 24.7. The molecule has 0 aromatic heterocycles. The van der Waals surface area contributed by atoms with Gasteiger partial charge in [0.2, 0.25) is 0 Å². The number of rotatable bonds is 13. The van der Waals surface area contributed by atoms with Crippen molar-refractivity contribution in [2.45, 2.75) is 103 Å². The summed E-state index contributed by atoms with van der Waals surface area (Å²) < 4.78 is 94.9. The van der Waals surface area contributed by atoms with Gasteiger partial charge in [-0.1, -0.05) is 43.3 Å². The third-order valence-corrected chi connectivity index (χ3v) is 8.69. The first-order valence-corrected chi connectivity index (χ1v) is 15.5. The van der Waals surface area contributed by atoms with Gasteiger partial charge in [-0.3, -0.25) is 0 Å². The monoisotopic (exact) mass is 612 g/mol. The first kappa shape index (κ1) is 33.2. The van der Waals surface area contributed by atoms with Gasteiger partial charge in [-0.2, -0.15) is 8.78 Å². The number of alkyl halides is 5. The second kappa shape index (κ2) is 15.4. The summed E-state index contributed by atoms with van der Waals surface area (Å²) in [4.78, 5) is 0. The van der Waals surface area contributed by atoms with E-state index in [4.69, 9.17) is 9.47 Å². The van der Waals surface area contributed by atoms with Gasteiger partial charge >= 0.3 is 12.5 Å². The maximum absolute atomic E-state index is 14.8. The number of allylic oxidation sites excluding steroid dienone is 2. The Morgan fingerprint density at radius 3 is 2.05 bits per heavy atom. The molecule has 238 valence electrons. The molecule has 3 nitrogen and oxygen atoms in total. The molecule has 2 aromatic carbocycles. The van der Waals surface area contributed by atoms with Crippen LogP contribution in [0.1, 0.15) is 82.3 Å². The van der Waals surface area contributed by atoms with E-state index in [1.807, 2.05) is 0 Å². The Morgan fingerprint density at radius 1 is 0.767 bits per heavy atom. The summed E-state index contributed by atoms with van der Waals surface area (Å²) in [6.45, 7) is 2.69. The Hall–Kier alpha value is -2.68. The first-order chi connectivity index (χ1) is 20.5. The van der Waals surface area contributed by atoms with Gasteiger partial charge in [0.15, 0.2) is 11.6 Å². The average molecular weight is 613 g/mol. The zero-order chi connectivity index (χ0) is 30.9. The lowest BCUT2D eigenvalue weighted by Gasteiger charge is -2.34. The summed E-state index contributed by atoms with van der Waals surface area (Å²) >= 11 is 0. The van der Waals surface area contributed by atoms with Crippen LogP contribution in [0.15, 0.2) is 54.6 Å². The summed E-state index contributed by atoms with van der Waals surface area (Å²) in [6.07, 6.45) is 6.20. The number of ether oxygens (including phenoxy) is 3. The maximum atomic E-state index is 14.8. The largest absolute Gasteiger partial charge is 0.573 e. The van der Waals surface area contributed by atoms with Gasteiger partial charge in [-0.25, -0.2) is 4.39 Å². The van der Waals surface area contributed by atoms with Crippen molar-refractivity contribution >= 4 is 0 Å². The van der Waals surface area contributed by atoms with E-state index < -0.39 is 35.7 Å². The van der Waals surface area contributed by atoms with Crippen molar-refractivity contribution < 1.29 is 40.6 Å². The SMILES string of the molecule is CC/C=C\Cc1ccc(CCC2CCC(OCC3CCC(C(F)(F)Oc4ccc(OC(F)(F)F)c(F)c4)CC3)CC2)cc1. The number of aryl methyl sites for hydroxylation is 1. The molecule has 0 N–H and O–H groups in total. The lowest BCUT2D eigenvalue weighted by Crippen LogP contribution is -2.38. The van der Waals surface area contributed by atoms with Crippen molar-refractivity contribution in [3.63, 3.8) is 0 Å². The molecule has 2 aromatic rings. The molecule has 0 saturated heterocycles. The molecule has 4 rings (SSSR count). The van der Waals surface area contributed by atoms with Gasteiger partial charge in [0.1, 0.15) is 5.75 Å². The lowest BCUT2D eigenvalue weighted by molar-refractivity contribution is -0.275. The highest BCUT2D eigenvalue weighted by Crippen LogP contribution is 2.41. The van der Waals surface area contributed by atoms with E-state index in [1.165, 1.54) is 17.5 Å². The minimum Gasteiger partial charge on any atom is -0.432 e. The van der Waals surface area contributed by atoms with Gasteiger partial charge < -0.3 is 14.2 Å². The summed E-state index contributed by atoms with van der Waals surface area (Å²) in [5.41, 5.74) is 2.72. The predicted molar refractivity (Wildman–Crippen MR) is 154 cm³/mol. The van der Waals surface area contributed by atoms with Crippen LogP contribution in [0, 0.1) is 23.6 Å². The van der Waals surface area contributed by atoms with E-state index in [0.717, 1.165) is 51.0 Å². The zero-order valence-electron chi connectivity index (χ0n) is 24.7. The fourth-order valence-electron chi connectivity index (χ4n) is 6.12. The van der Waals surface area contributed by atoms with E-state index in [-0.39, 0.29) is 24.9 Å². The van der Waals surface area contributed by atoms with Crippen LogP contribution < -0.4 is 9.47 Å². The molecule has 0 amide bonds. The Kier molecular flexibility index (Phi) is 11.9. The molecule has 0 heterocycles. The van der Waals surface area contributed by atoms with E-state index in [2.05, 4.69) is 48.1 Å². The van der Waals surface area contributed by atoms with Gasteiger partial charge in [0.25, 0.3) is 0 Å². The van der Waals surface area contributed by atoms with Crippen LogP contribution in [0.5, 0.6) is 11.5 Å². The van der Waals surface area contributed by atoms with Gasteiger partial charge in [0.05, 0.1) is 12.0 Å². The van der Waals surface area contributed by atoms with E-state index in [0.29, 0.717) is 37.5 Å². The molecule has 0 atom stereocenters. The second-order valence-electron chi connectivity index (χ2n) is 11.9. The smallest absolute Gasteiger partial charge is 0.432 e. The molecule has 2 fully saturated rings.